The first-order chi connectivity index (χ1) is 13.5. The van der Waals surface area contributed by atoms with Crippen LogP contribution in [0.4, 0.5) is 0 Å². The lowest BCUT2D eigenvalue weighted by atomic mass is 10.1. The van der Waals surface area contributed by atoms with Crippen LogP contribution in [0.15, 0.2) is 65.5 Å². The van der Waals surface area contributed by atoms with Crippen LogP contribution in [-0.4, -0.2) is 28.0 Å². The van der Waals surface area contributed by atoms with Gasteiger partial charge in [0.05, 0.1) is 19.3 Å². The minimum atomic E-state index is -1.28. The summed E-state index contributed by atoms with van der Waals surface area (Å²) in [5, 5.41) is 13.7. The summed E-state index contributed by atoms with van der Waals surface area (Å²) in [5.74, 6) is -0.602. The highest BCUT2D eigenvalue weighted by atomic mass is 16.5. The minimum Gasteiger partial charge on any atom is -0.497 e. The van der Waals surface area contributed by atoms with E-state index in [1.165, 1.54) is 6.07 Å². The lowest BCUT2D eigenvalue weighted by molar-refractivity contribution is 0.0694. The Balaban J connectivity index is 1.94. The van der Waals surface area contributed by atoms with Gasteiger partial charge in [-0.25, -0.2) is 9.48 Å². The van der Waals surface area contributed by atoms with Crippen molar-refractivity contribution in [2.45, 2.75) is 13.5 Å². The number of aromatic nitrogens is 2. The van der Waals surface area contributed by atoms with Gasteiger partial charge in [-0.1, -0.05) is 42.0 Å². The van der Waals surface area contributed by atoms with Crippen LogP contribution in [0.5, 0.6) is 5.75 Å². The summed E-state index contributed by atoms with van der Waals surface area (Å²) in [6.45, 7) is 2.17. The fourth-order valence-electron chi connectivity index (χ4n) is 2.69. The van der Waals surface area contributed by atoms with Crippen LogP contribution in [0.3, 0.4) is 0 Å². The first-order valence-corrected chi connectivity index (χ1v) is 8.71. The summed E-state index contributed by atoms with van der Waals surface area (Å²) in [5.41, 5.74) is 2.29. The standard InChI is InChI=1S/C22H20N2O4/c1-15-5-7-16(8-6-15)4-3-13-24-21(25)19(22(26)27)14-20(23-24)17-9-11-18(28-2)12-10-17/h3-12,14H,13H2,1-2H3,(H,26,27)/b4-3+. The smallest absolute Gasteiger partial charge is 0.341 e. The lowest BCUT2D eigenvalue weighted by Gasteiger charge is -2.08. The Morgan fingerprint density at radius 2 is 1.82 bits per heavy atom. The molecule has 0 aliphatic rings. The third-order valence-corrected chi connectivity index (χ3v) is 4.26. The third-order valence-electron chi connectivity index (χ3n) is 4.26. The Morgan fingerprint density at radius 1 is 1.14 bits per heavy atom. The maximum Gasteiger partial charge on any atom is 0.341 e. The molecule has 0 radical (unpaired) electrons. The zero-order valence-corrected chi connectivity index (χ0v) is 15.6. The van der Waals surface area contributed by atoms with Crippen molar-refractivity contribution in [2.75, 3.05) is 7.11 Å². The Morgan fingerprint density at radius 3 is 2.43 bits per heavy atom. The van der Waals surface area contributed by atoms with Crippen molar-refractivity contribution in [2.24, 2.45) is 0 Å². The highest BCUT2D eigenvalue weighted by Gasteiger charge is 2.15. The first-order valence-electron chi connectivity index (χ1n) is 8.71. The molecule has 1 aromatic heterocycles. The molecule has 0 saturated carbocycles. The van der Waals surface area contributed by atoms with Gasteiger partial charge >= 0.3 is 5.97 Å². The molecule has 1 N–H and O–H groups in total. The molecule has 0 unspecified atom stereocenters. The molecule has 3 rings (SSSR count). The van der Waals surface area contributed by atoms with Crippen LogP contribution >= 0.6 is 0 Å². The number of ether oxygens (including phenoxy) is 1. The van der Waals surface area contributed by atoms with Crippen LogP contribution < -0.4 is 10.3 Å². The molecule has 6 heteroatoms. The predicted molar refractivity (Wildman–Crippen MR) is 108 cm³/mol. The Labute approximate surface area is 162 Å². The Kier molecular flexibility index (Phi) is 5.69. The molecule has 0 spiro atoms. The van der Waals surface area contributed by atoms with Crippen LogP contribution in [-0.2, 0) is 6.54 Å². The topological polar surface area (TPSA) is 81.4 Å². The molecule has 0 bridgehead atoms. The van der Waals surface area contributed by atoms with Crippen molar-refractivity contribution < 1.29 is 14.6 Å². The number of carbonyl (C=O) groups is 1. The van der Waals surface area contributed by atoms with Gasteiger partial charge in [0, 0.05) is 5.56 Å². The normalized spacial score (nSPS) is 10.9. The molecule has 2 aromatic carbocycles. The second kappa shape index (κ2) is 8.35. The van der Waals surface area contributed by atoms with Crippen LogP contribution in [0.25, 0.3) is 17.3 Å². The van der Waals surface area contributed by atoms with E-state index in [0.29, 0.717) is 17.0 Å². The molecule has 1 heterocycles. The number of carboxylic acids is 1. The van der Waals surface area contributed by atoms with Crippen LogP contribution in [0.1, 0.15) is 21.5 Å². The molecule has 6 nitrogen and oxygen atoms in total. The Hall–Kier alpha value is -3.67. The number of aryl methyl sites for hydroxylation is 1. The highest BCUT2D eigenvalue weighted by molar-refractivity contribution is 5.88. The molecule has 0 amide bonds. The molecule has 3 aromatic rings. The van der Waals surface area contributed by atoms with Gasteiger partial charge in [-0.2, -0.15) is 5.10 Å². The van der Waals surface area contributed by atoms with E-state index in [1.807, 2.05) is 37.3 Å². The Bertz CT molecular complexity index is 1070. The van der Waals surface area contributed by atoms with E-state index in [-0.39, 0.29) is 12.1 Å². The molecule has 0 fully saturated rings. The van der Waals surface area contributed by atoms with Gasteiger partial charge in [0.25, 0.3) is 5.56 Å². The number of methoxy groups -OCH3 is 1. The lowest BCUT2D eigenvalue weighted by Crippen LogP contribution is -2.28. The van der Waals surface area contributed by atoms with Gasteiger partial charge in [-0.3, -0.25) is 4.79 Å². The number of nitrogens with zero attached hydrogens (tertiary/aromatic N) is 2. The maximum absolute atomic E-state index is 12.4. The number of carboxylic acid groups (broad SMARTS) is 1. The van der Waals surface area contributed by atoms with Crippen molar-refractivity contribution >= 4 is 12.0 Å². The first kappa shape index (κ1) is 19.1. The van der Waals surface area contributed by atoms with Gasteiger partial charge < -0.3 is 9.84 Å². The van der Waals surface area contributed by atoms with Crippen molar-refractivity contribution in [1.82, 2.24) is 9.78 Å². The summed E-state index contributed by atoms with van der Waals surface area (Å²) in [6, 6.07) is 16.3. The van der Waals surface area contributed by atoms with E-state index < -0.39 is 11.5 Å². The SMILES string of the molecule is COc1ccc(-c2cc(C(=O)O)c(=O)n(C/C=C/c3ccc(C)cc3)n2)cc1. The zero-order valence-electron chi connectivity index (χ0n) is 15.6. The van der Waals surface area contributed by atoms with Crippen molar-refractivity contribution in [3.63, 3.8) is 0 Å². The summed E-state index contributed by atoms with van der Waals surface area (Å²) in [7, 11) is 1.57. The number of aromatic carboxylic acids is 1. The van der Waals surface area contributed by atoms with E-state index in [2.05, 4.69) is 5.10 Å². The summed E-state index contributed by atoms with van der Waals surface area (Å²) in [6.07, 6.45) is 3.65. The van der Waals surface area contributed by atoms with Crippen molar-refractivity contribution in [1.29, 1.82) is 0 Å². The number of benzene rings is 2. The summed E-state index contributed by atoms with van der Waals surface area (Å²) < 4.78 is 6.29. The van der Waals surface area contributed by atoms with E-state index >= 15 is 0 Å². The highest BCUT2D eigenvalue weighted by Crippen LogP contribution is 2.20. The number of rotatable bonds is 6. The molecular formula is C22H20N2O4. The largest absolute Gasteiger partial charge is 0.497 e. The summed E-state index contributed by atoms with van der Waals surface area (Å²) >= 11 is 0. The minimum absolute atomic E-state index is 0.164. The van der Waals surface area contributed by atoms with Gasteiger partial charge in [0.2, 0.25) is 0 Å². The van der Waals surface area contributed by atoms with Gasteiger partial charge in [0.15, 0.2) is 0 Å². The fraction of sp³-hybridized carbons (Fsp3) is 0.136. The number of hydrogen-bond donors (Lipinski definition) is 1. The number of allylic oxidation sites excluding steroid dienone is 1. The van der Waals surface area contributed by atoms with Gasteiger partial charge in [-0.05, 0) is 42.8 Å². The monoisotopic (exact) mass is 376 g/mol. The van der Waals surface area contributed by atoms with E-state index in [1.54, 1.807) is 37.5 Å². The van der Waals surface area contributed by atoms with Crippen LogP contribution in [0, 0.1) is 6.92 Å². The van der Waals surface area contributed by atoms with E-state index in [4.69, 9.17) is 4.74 Å². The van der Waals surface area contributed by atoms with Crippen molar-refractivity contribution in [3.05, 3.63) is 87.7 Å². The summed E-state index contributed by atoms with van der Waals surface area (Å²) in [4.78, 5) is 24.0. The molecule has 142 valence electrons. The van der Waals surface area contributed by atoms with Gasteiger partial charge in [0.1, 0.15) is 11.3 Å². The maximum atomic E-state index is 12.4. The molecule has 0 aliphatic carbocycles. The number of hydrogen-bond acceptors (Lipinski definition) is 4. The zero-order chi connectivity index (χ0) is 20.1. The quantitative estimate of drug-likeness (QED) is 0.710. The molecular weight excluding hydrogens is 356 g/mol. The van der Waals surface area contributed by atoms with Gasteiger partial charge in [-0.15, -0.1) is 0 Å². The average Bonchev–Trinajstić information content (AvgIpc) is 2.70. The second-order valence-corrected chi connectivity index (χ2v) is 6.28. The average molecular weight is 376 g/mol. The predicted octanol–water partition coefficient (Wildman–Crippen LogP) is 3.64. The molecule has 0 saturated heterocycles. The van der Waals surface area contributed by atoms with E-state index in [9.17, 15) is 14.7 Å². The molecule has 0 atom stereocenters. The van der Waals surface area contributed by atoms with E-state index in [0.717, 1.165) is 15.8 Å². The molecule has 0 aliphatic heterocycles. The fourth-order valence-corrected chi connectivity index (χ4v) is 2.69. The molecule has 28 heavy (non-hydrogen) atoms. The van der Waals surface area contributed by atoms with Crippen LogP contribution in [0.2, 0.25) is 0 Å². The third kappa shape index (κ3) is 4.35. The van der Waals surface area contributed by atoms with Crippen molar-refractivity contribution in [3.8, 4) is 17.0 Å². The second-order valence-electron chi connectivity index (χ2n) is 6.28.